The first-order valence-electron chi connectivity index (χ1n) is 6.91. The molecule has 2 saturated heterocycles. The second-order valence-corrected chi connectivity index (χ2v) is 6.59. The fourth-order valence-electron chi connectivity index (χ4n) is 3.52. The van der Waals surface area contributed by atoms with Crippen LogP contribution in [0.15, 0.2) is 16.8 Å². The molecule has 0 unspecified atom stereocenters. The van der Waals surface area contributed by atoms with Gasteiger partial charge in [-0.25, -0.2) is 0 Å². The summed E-state index contributed by atoms with van der Waals surface area (Å²) in [5.41, 5.74) is 1.12. The van der Waals surface area contributed by atoms with E-state index in [1.54, 1.807) is 11.3 Å². The Hall–Kier alpha value is -0.870. The SMILES string of the molecule is O=C1C[C@H]2[C@@H](CCN2CC2CC2)N1c1ccsc1. The van der Waals surface area contributed by atoms with Crippen LogP contribution >= 0.6 is 11.3 Å². The summed E-state index contributed by atoms with van der Waals surface area (Å²) < 4.78 is 0. The largest absolute Gasteiger partial charge is 0.307 e. The Bertz CT molecular complexity index is 454. The molecule has 3 aliphatic rings. The van der Waals surface area contributed by atoms with E-state index in [-0.39, 0.29) is 0 Å². The van der Waals surface area contributed by atoms with Crippen LogP contribution in [-0.2, 0) is 4.79 Å². The molecular weight excluding hydrogens is 244 g/mol. The number of hydrogen-bond donors (Lipinski definition) is 0. The molecule has 3 nitrogen and oxygen atoms in total. The van der Waals surface area contributed by atoms with Crippen molar-refractivity contribution in [1.82, 2.24) is 4.90 Å². The van der Waals surface area contributed by atoms with E-state index < -0.39 is 0 Å². The minimum Gasteiger partial charge on any atom is -0.307 e. The number of carbonyl (C=O) groups excluding carboxylic acids is 1. The summed E-state index contributed by atoms with van der Waals surface area (Å²) in [5, 5.41) is 4.16. The van der Waals surface area contributed by atoms with Gasteiger partial charge < -0.3 is 4.90 Å². The van der Waals surface area contributed by atoms with Gasteiger partial charge in [-0.3, -0.25) is 9.69 Å². The Morgan fingerprint density at radius 1 is 1.28 bits per heavy atom. The van der Waals surface area contributed by atoms with Crippen LogP contribution in [0.1, 0.15) is 25.7 Å². The van der Waals surface area contributed by atoms with E-state index >= 15 is 0 Å². The molecular formula is C14H18N2OS. The normalized spacial score (nSPS) is 32.2. The second kappa shape index (κ2) is 4.07. The maximum absolute atomic E-state index is 12.2. The molecule has 0 spiro atoms. The number of thiophene rings is 1. The highest BCUT2D eigenvalue weighted by atomic mass is 32.1. The zero-order valence-electron chi connectivity index (χ0n) is 10.4. The van der Waals surface area contributed by atoms with Gasteiger partial charge in [0.25, 0.3) is 0 Å². The van der Waals surface area contributed by atoms with Gasteiger partial charge in [-0.1, -0.05) is 0 Å². The molecule has 4 rings (SSSR count). The number of rotatable bonds is 3. The molecule has 4 heteroatoms. The molecule has 1 aromatic heterocycles. The summed E-state index contributed by atoms with van der Waals surface area (Å²) in [7, 11) is 0. The predicted molar refractivity (Wildman–Crippen MR) is 72.9 cm³/mol. The van der Waals surface area contributed by atoms with Crippen molar-refractivity contribution >= 4 is 22.9 Å². The molecule has 0 N–H and O–H groups in total. The monoisotopic (exact) mass is 262 g/mol. The minimum absolute atomic E-state index is 0.323. The first-order chi connectivity index (χ1) is 8.83. The number of anilines is 1. The Balaban J connectivity index is 1.55. The maximum Gasteiger partial charge on any atom is 0.228 e. The number of carbonyl (C=O) groups is 1. The van der Waals surface area contributed by atoms with Gasteiger partial charge in [0.15, 0.2) is 0 Å². The van der Waals surface area contributed by atoms with Crippen LogP contribution in [0.5, 0.6) is 0 Å². The molecule has 18 heavy (non-hydrogen) atoms. The molecule has 0 bridgehead atoms. The molecule has 2 aliphatic heterocycles. The number of likely N-dealkylation sites (tertiary alicyclic amines) is 1. The Morgan fingerprint density at radius 3 is 2.89 bits per heavy atom. The van der Waals surface area contributed by atoms with Crippen LogP contribution in [0, 0.1) is 5.92 Å². The van der Waals surface area contributed by atoms with E-state index in [2.05, 4.69) is 26.6 Å². The summed E-state index contributed by atoms with van der Waals surface area (Å²) in [6, 6.07) is 3.00. The molecule has 3 fully saturated rings. The number of amides is 1. The van der Waals surface area contributed by atoms with Crippen molar-refractivity contribution < 1.29 is 4.79 Å². The van der Waals surface area contributed by atoms with E-state index in [4.69, 9.17) is 0 Å². The van der Waals surface area contributed by atoms with Crippen LogP contribution < -0.4 is 4.90 Å². The smallest absolute Gasteiger partial charge is 0.228 e. The van der Waals surface area contributed by atoms with Crippen molar-refractivity contribution in [2.75, 3.05) is 18.0 Å². The van der Waals surface area contributed by atoms with Gasteiger partial charge in [0, 0.05) is 30.9 Å². The number of fused-ring (bicyclic) bond motifs is 1. The van der Waals surface area contributed by atoms with Gasteiger partial charge in [0.05, 0.1) is 11.7 Å². The van der Waals surface area contributed by atoms with Gasteiger partial charge in [0.2, 0.25) is 5.91 Å². The van der Waals surface area contributed by atoms with E-state index in [9.17, 15) is 4.79 Å². The van der Waals surface area contributed by atoms with Gasteiger partial charge in [-0.05, 0) is 36.6 Å². The van der Waals surface area contributed by atoms with Crippen molar-refractivity contribution in [1.29, 1.82) is 0 Å². The van der Waals surface area contributed by atoms with Gasteiger partial charge in [0.1, 0.15) is 0 Å². The van der Waals surface area contributed by atoms with Crippen molar-refractivity contribution in [2.45, 2.75) is 37.8 Å². The van der Waals surface area contributed by atoms with Crippen LogP contribution in [-0.4, -0.2) is 36.0 Å². The van der Waals surface area contributed by atoms with Crippen molar-refractivity contribution in [2.24, 2.45) is 5.92 Å². The lowest BCUT2D eigenvalue weighted by molar-refractivity contribution is -0.117. The molecule has 1 aliphatic carbocycles. The average molecular weight is 262 g/mol. The highest BCUT2D eigenvalue weighted by Crippen LogP contribution is 2.39. The van der Waals surface area contributed by atoms with Crippen LogP contribution in [0.3, 0.4) is 0 Å². The molecule has 0 aromatic carbocycles. The van der Waals surface area contributed by atoms with Gasteiger partial charge >= 0.3 is 0 Å². The maximum atomic E-state index is 12.2. The third-order valence-electron chi connectivity index (χ3n) is 4.58. The van der Waals surface area contributed by atoms with Crippen LogP contribution in [0.25, 0.3) is 0 Å². The fourth-order valence-corrected chi connectivity index (χ4v) is 4.14. The third kappa shape index (κ3) is 1.70. The topological polar surface area (TPSA) is 23.6 Å². The van der Waals surface area contributed by atoms with Crippen LogP contribution in [0.2, 0.25) is 0 Å². The van der Waals surface area contributed by atoms with Crippen molar-refractivity contribution in [3.8, 4) is 0 Å². The molecule has 1 amide bonds. The zero-order chi connectivity index (χ0) is 12.1. The fraction of sp³-hybridized carbons (Fsp3) is 0.643. The van der Waals surface area contributed by atoms with Gasteiger partial charge in [-0.15, -0.1) is 0 Å². The van der Waals surface area contributed by atoms with E-state index in [0.29, 0.717) is 18.0 Å². The molecule has 1 aromatic rings. The molecule has 1 saturated carbocycles. The first kappa shape index (κ1) is 11.0. The van der Waals surface area contributed by atoms with E-state index in [1.807, 2.05) is 0 Å². The average Bonchev–Trinajstić information content (AvgIpc) is 2.76. The molecule has 3 heterocycles. The Kier molecular flexibility index (Phi) is 2.49. The van der Waals surface area contributed by atoms with E-state index in [1.165, 1.54) is 25.9 Å². The number of hydrogen-bond acceptors (Lipinski definition) is 3. The highest BCUT2D eigenvalue weighted by Gasteiger charge is 2.48. The Morgan fingerprint density at radius 2 is 2.17 bits per heavy atom. The van der Waals surface area contributed by atoms with Crippen LogP contribution in [0.4, 0.5) is 5.69 Å². The Labute approximate surface area is 111 Å². The number of nitrogens with zero attached hydrogens (tertiary/aromatic N) is 2. The zero-order valence-corrected chi connectivity index (χ0v) is 11.2. The van der Waals surface area contributed by atoms with Gasteiger partial charge in [-0.2, -0.15) is 11.3 Å². The third-order valence-corrected chi connectivity index (χ3v) is 5.25. The first-order valence-corrected chi connectivity index (χ1v) is 7.85. The summed E-state index contributed by atoms with van der Waals surface area (Å²) in [4.78, 5) is 16.9. The summed E-state index contributed by atoms with van der Waals surface area (Å²) in [6.07, 6.45) is 4.68. The van der Waals surface area contributed by atoms with Crippen molar-refractivity contribution in [3.05, 3.63) is 16.8 Å². The predicted octanol–water partition coefficient (Wildman–Crippen LogP) is 2.34. The lowest BCUT2D eigenvalue weighted by atomic mass is 10.1. The van der Waals surface area contributed by atoms with Crippen molar-refractivity contribution in [3.63, 3.8) is 0 Å². The molecule has 2 atom stereocenters. The lowest BCUT2D eigenvalue weighted by Gasteiger charge is -2.24. The lowest BCUT2D eigenvalue weighted by Crippen LogP contribution is -2.37. The summed E-state index contributed by atoms with van der Waals surface area (Å²) >= 11 is 1.68. The quantitative estimate of drug-likeness (QED) is 0.835. The standard InChI is InChI=1S/C14H18N2OS/c17-14-7-13-12(16(14)11-4-6-18-9-11)3-5-15(13)8-10-1-2-10/h4,6,9-10,12-13H,1-3,5,7-8H2/t12-,13+/m1/s1. The second-order valence-electron chi connectivity index (χ2n) is 5.81. The molecule has 0 radical (unpaired) electrons. The summed E-state index contributed by atoms with van der Waals surface area (Å²) in [6.45, 7) is 2.41. The molecule has 96 valence electrons. The highest BCUT2D eigenvalue weighted by molar-refractivity contribution is 7.08. The minimum atomic E-state index is 0.323. The van der Waals surface area contributed by atoms with E-state index in [0.717, 1.165) is 24.4 Å². The summed E-state index contributed by atoms with van der Waals surface area (Å²) in [5.74, 6) is 1.25.